The van der Waals surface area contributed by atoms with Crippen LogP contribution in [0.2, 0.25) is 0 Å². The maximum Gasteiger partial charge on any atom is 0.159 e. The Labute approximate surface area is 131 Å². The Morgan fingerprint density at radius 1 is 1.14 bits per heavy atom. The van der Waals surface area contributed by atoms with Crippen molar-refractivity contribution in [3.8, 4) is 11.3 Å². The summed E-state index contributed by atoms with van der Waals surface area (Å²) < 4.78 is 26.6. The minimum absolute atomic E-state index is 0.406. The van der Waals surface area contributed by atoms with Gasteiger partial charge in [0.2, 0.25) is 0 Å². The Balaban J connectivity index is 2.07. The van der Waals surface area contributed by atoms with Gasteiger partial charge in [0.15, 0.2) is 17.5 Å². The van der Waals surface area contributed by atoms with E-state index in [1.165, 1.54) is 6.07 Å². The lowest BCUT2D eigenvalue weighted by Crippen LogP contribution is -2.34. The van der Waals surface area contributed by atoms with Gasteiger partial charge >= 0.3 is 0 Å². The van der Waals surface area contributed by atoms with Gasteiger partial charge in [-0.05, 0) is 25.1 Å². The first kappa shape index (κ1) is 15.0. The van der Waals surface area contributed by atoms with Gasteiger partial charge < -0.3 is 10.6 Å². The maximum absolute atomic E-state index is 13.5. The largest absolute Gasteiger partial charge is 0.394 e. The summed E-state index contributed by atoms with van der Waals surface area (Å²) in [5.41, 5.74) is 7.52. The zero-order valence-electron chi connectivity index (χ0n) is 12.1. The highest BCUT2D eigenvalue weighted by molar-refractivity contribution is 7.99. The van der Waals surface area contributed by atoms with Crippen LogP contribution in [0.25, 0.3) is 11.3 Å². The molecule has 0 atom stereocenters. The third-order valence-corrected chi connectivity index (χ3v) is 4.48. The molecular formula is C15H16F2N4S. The smallest absolute Gasteiger partial charge is 0.159 e. The van der Waals surface area contributed by atoms with Crippen LogP contribution >= 0.6 is 11.8 Å². The van der Waals surface area contributed by atoms with E-state index < -0.39 is 11.6 Å². The predicted octanol–water partition coefficient (Wildman–Crippen LogP) is 2.87. The standard InChI is InChI=1S/C15H16F2N4S/c1-9-19-14(10-2-3-11(16)12(17)8-10)13(18)15(20-9)21-4-6-22-7-5-21/h2-3,8H,4-7,18H2,1H3. The third-order valence-electron chi connectivity index (χ3n) is 3.54. The van der Waals surface area contributed by atoms with E-state index in [1.54, 1.807) is 6.92 Å². The molecule has 0 radical (unpaired) electrons. The van der Waals surface area contributed by atoms with Crippen molar-refractivity contribution < 1.29 is 8.78 Å². The number of nitrogens with zero attached hydrogens (tertiary/aromatic N) is 3. The highest BCUT2D eigenvalue weighted by Gasteiger charge is 2.20. The number of aryl methyl sites for hydroxylation is 1. The molecule has 0 aliphatic carbocycles. The van der Waals surface area contributed by atoms with Crippen molar-refractivity contribution in [3.05, 3.63) is 35.7 Å². The summed E-state index contributed by atoms with van der Waals surface area (Å²) in [4.78, 5) is 10.9. The highest BCUT2D eigenvalue weighted by Crippen LogP contribution is 2.32. The summed E-state index contributed by atoms with van der Waals surface area (Å²) in [6, 6.07) is 3.68. The summed E-state index contributed by atoms with van der Waals surface area (Å²) in [5, 5.41) is 0. The molecule has 2 aromatic rings. The van der Waals surface area contributed by atoms with Crippen LogP contribution in [0.3, 0.4) is 0 Å². The molecule has 7 heteroatoms. The molecule has 0 saturated carbocycles. The Bertz CT molecular complexity index is 702. The summed E-state index contributed by atoms with van der Waals surface area (Å²) in [6.45, 7) is 3.50. The molecule has 22 heavy (non-hydrogen) atoms. The van der Waals surface area contributed by atoms with E-state index in [0.717, 1.165) is 36.7 Å². The number of nitrogens with two attached hydrogens (primary N) is 1. The average Bonchev–Trinajstić information content (AvgIpc) is 2.53. The minimum atomic E-state index is -0.913. The summed E-state index contributed by atoms with van der Waals surface area (Å²) in [5.74, 6) is 1.46. The number of rotatable bonds is 2. The molecule has 0 amide bonds. The number of aromatic nitrogens is 2. The van der Waals surface area contributed by atoms with Gasteiger partial charge in [0.1, 0.15) is 11.5 Å². The zero-order chi connectivity index (χ0) is 15.7. The Kier molecular flexibility index (Phi) is 4.15. The van der Waals surface area contributed by atoms with Gasteiger partial charge in [-0.25, -0.2) is 18.7 Å². The monoisotopic (exact) mass is 322 g/mol. The van der Waals surface area contributed by atoms with Crippen LogP contribution in [0.4, 0.5) is 20.3 Å². The molecular weight excluding hydrogens is 306 g/mol. The van der Waals surface area contributed by atoms with Gasteiger partial charge in [0.25, 0.3) is 0 Å². The summed E-state index contributed by atoms with van der Waals surface area (Å²) in [7, 11) is 0. The van der Waals surface area contributed by atoms with Crippen LogP contribution in [0, 0.1) is 18.6 Å². The topological polar surface area (TPSA) is 55.0 Å². The van der Waals surface area contributed by atoms with Crippen molar-refractivity contribution >= 4 is 23.3 Å². The lowest BCUT2D eigenvalue weighted by Gasteiger charge is -2.29. The lowest BCUT2D eigenvalue weighted by molar-refractivity contribution is 0.509. The fourth-order valence-electron chi connectivity index (χ4n) is 2.45. The maximum atomic E-state index is 13.5. The molecule has 2 N–H and O–H groups in total. The first-order chi connectivity index (χ1) is 10.6. The molecule has 4 nitrogen and oxygen atoms in total. The third kappa shape index (κ3) is 2.85. The van der Waals surface area contributed by atoms with Crippen LogP contribution in [0.5, 0.6) is 0 Å². The Morgan fingerprint density at radius 3 is 2.55 bits per heavy atom. The van der Waals surface area contributed by atoms with Crippen LogP contribution in [-0.4, -0.2) is 34.6 Å². The van der Waals surface area contributed by atoms with E-state index in [1.807, 2.05) is 11.8 Å². The molecule has 1 fully saturated rings. The van der Waals surface area contributed by atoms with E-state index in [2.05, 4.69) is 14.9 Å². The first-order valence-electron chi connectivity index (χ1n) is 6.98. The van der Waals surface area contributed by atoms with Crippen LogP contribution in [0.15, 0.2) is 18.2 Å². The van der Waals surface area contributed by atoms with Crippen molar-refractivity contribution in [1.29, 1.82) is 0 Å². The van der Waals surface area contributed by atoms with Gasteiger partial charge in [-0.1, -0.05) is 0 Å². The normalized spacial score (nSPS) is 15.1. The number of benzene rings is 1. The molecule has 0 bridgehead atoms. The number of nitrogen functional groups attached to an aromatic ring is 1. The van der Waals surface area contributed by atoms with Gasteiger partial charge in [-0.15, -0.1) is 0 Å². The number of anilines is 2. The van der Waals surface area contributed by atoms with Gasteiger partial charge in [0, 0.05) is 30.2 Å². The van der Waals surface area contributed by atoms with Crippen molar-refractivity contribution in [1.82, 2.24) is 9.97 Å². The van der Waals surface area contributed by atoms with E-state index in [4.69, 9.17) is 5.73 Å². The van der Waals surface area contributed by atoms with E-state index in [-0.39, 0.29) is 0 Å². The fourth-order valence-corrected chi connectivity index (χ4v) is 3.35. The highest BCUT2D eigenvalue weighted by atomic mass is 32.2. The van der Waals surface area contributed by atoms with Crippen LogP contribution in [0.1, 0.15) is 5.82 Å². The second-order valence-corrected chi connectivity index (χ2v) is 6.31. The Morgan fingerprint density at radius 2 is 1.86 bits per heavy atom. The molecule has 0 spiro atoms. The quantitative estimate of drug-likeness (QED) is 0.921. The van der Waals surface area contributed by atoms with Crippen LogP contribution in [-0.2, 0) is 0 Å². The predicted molar refractivity (Wildman–Crippen MR) is 86.1 cm³/mol. The number of hydrogen-bond acceptors (Lipinski definition) is 5. The van der Waals surface area contributed by atoms with Gasteiger partial charge in [-0.3, -0.25) is 0 Å². The fraction of sp³-hybridized carbons (Fsp3) is 0.333. The summed E-state index contributed by atoms with van der Waals surface area (Å²) >= 11 is 1.89. The minimum Gasteiger partial charge on any atom is -0.394 e. The van der Waals surface area contributed by atoms with Crippen molar-refractivity contribution in [2.45, 2.75) is 6.92 Å². The van der Waals surface area contributed by atoms with E-state index in [9.17, 15) is 8.78 Å². The molecule has 1 aliphatic rings. The van der Waals surface area contributed by atoms with Crippen LogP contribution < -0.4 is 10.6 Å². The molecule has 1 saturated heterocycles. The Hall–Kier alpha value is -1.89. The summed E-state index contributed by atoms with van der Waals surface area (Å²) in [6.07, 6.45) is 0. The molecule has 2 heterocycles. The van der Waals surface area contributed by atoms with Crippen molar-refractivity contribution in [3.63, 3.8) is 0 Å². The molecule has 116 valence electrons. The van der Waals surface area contributed by atoms with Crippen molar-refractivity contribution in [2.75, 3.05) is 35.2 Å². The van der Waals surface area contributed by atoms with Crippen molar-refractivity contribution in [2.24, 2.45) is 0 Å². The number of hydrogen-bond donors (Lipinski definition) is 1. The number of halogens is 2. The lowest BCUT2D eigenvalue weighted by atomic mass is 10.1. The van der Waals surface area contributed by atoms with Gasteiger partial charge in [0.05, 0.1) is 5.69 Å². The SMILES string of the molecule is Cc1nc(-c2ccc(F)c(F)c2)c(N)c(N2CCSCC2)n1. The molecule has 1 aromatic carbocycles. The van der Waals surface area contributed by atoms with E-state index in [0.29, 0.717) is 28.6 Å². The second-order valence-electron chi connectivity index (χ2n) is 5.09. The number of thioether (sulfide) groups is 1. The molecule has 1 aliphatic heterocycles. The van der Waals surface area contributed by atoms with E-state index >= 15 is 0 Å². The average molecular weight is 322 g/mol. The van der Waals surface area contributed by atoms with Gasteiger partial charge in [-0.2, -0.15) is 11.8 Å². The first-order valence-corrected chi connectivity index (χ1v) is 8.14. The molecule has 1 aromatic heterocycles. The molecule has 0 unspecified atom stereocenters. The zero-order valence-corrected chi connectivity index (χ0v) is 13.0. The second kappa shape index (κ2) is 6.08. The molecule has 3 rings (SSSR count).